The molecule has 2 rings (SSSR count). The van der Waals surface area contributed by atoms with Crippen LogP contribution in [0.5, 0.6) is 0 Å². The molecule has 0 radical (unpaired) electrons. The fourth-order valence-corrected chi connectivity index (χ4v) is 3.33. The van der Waals surface area contributed by atoms with Gasteiger partial charge in [-0.2, -0.15) is 0 Å². The van der Waals surface area contributed by atoms with E-state index in [-0.39, 0.29) is 24.5 Å². The Balaban J connectivity index is 1.81. The van der Waals surface area contributed by atoms with Gasteiger partial charge in [-0.15, -0.1) is 0 Å². The molecule has 28 heavy (non-hydrogen) atoms. The summed E-state index contributed by atoms with van der Waals surface area (Å²) in [5.74, 6) is -0.677. The Morgan fingerprint density at radius 2 is 1.79 bits per heavy atom. The number of urea groups is 1. The zero-order valence-electron chi connectivity index (χ0n) is 16.9. The van der Waals surface area contributed by atoms with Crippen molar-refractivity contribution in [3.63, 3.8) is 0 Å². The number of nitrogens with one attached hydrogen (secondary N) is 3. The lowest BCUT2D eigenvalue weighted by Gasteiger charge is -2.29. The second kappa shape index (κ2) is 10.7. The van der Waals surface area contributed by atoms with Crippen LogP contribution in [0, 0.1) is 11.8 Å². The number of benzene rings is 1. The highest BCUT2D eigenvalue weighted by Crippen LogP contribution is 2.23. The number of amides is 3. The van der Waals surface area contributed by atoms with Crippen molar-refractivity contribution < 1.29 is 19.1 Å². The van der Waals surface area contributed by atoms with Crippen LogP contribution in [-0.4, -0.2) is 36.6 Å². The smallest absolute Gasteiger partial charge is 0.329 e. The SMILES string of the molecule is CC(C)[C@@H](NC(=O)Nc1ccccc1)C(=O)OCC(=O)N[C@@H]1CCCC[C@H]1C. The lowest BCUT2D eigenvalue weighted by atomic mass is 9.86. The zero-order valence-corrected chi connectivity index (χ0v) is 16.9. The fraction of sp³-hybridized carbons (Fsp3) is 0.571. The molecule has 7 heteroatoms. The van der Waals surface area contributed by atoms with E-state index in [9.17, 15) is 14.4 Å². The lowest BCUT2D eigenvalue weighted by Crippen LogP contribution is -2.48. The van der Waals surface area contributed by atoms with E-state index in [2.05, 4.69) is 22.9 Å². The van der Waals surface area contributed by atoms with E-state index in [4.69, 9.17) is 4.74 Å². The minimum Gasteiger partial charge on any atom is -0.454 e. The van der Waals surface area contributed by atoms with E-state index in [0.717, 1.165) is 19.3 Å². The molecule has 0 bridgehead atoms. The number of ether oxygens (including phenoxy) is 1. The van der Waals surface area contributed by atoms with Crippen LogP contribution in [0.1, 0.15) is 46.5 Å². The topological polar surface area (TPSA) is 96.5 Å². The maximum Gasteiger partial charge on any atom is 0.329 e. The van der Waals surface area contributed by atoms with Gasteiger partial charge in [-0.05, 0) is 36.8 Å². The summed E-state index contributed by atoms with van der Waals surface area (Å²) in [5, 5.41) is 8.24. The first-order valence-electron chi connectivity index (χ1n) is 9.95. The number of hydrogen-bond donors (Lipinski definition) is 3. The third kappa shape index (κ3) is 6.87. The molecule has 0 aliphatic heterocycles. The highest BCUT2D eigenvalue weighted by Gasteiger charge is 2.27. The number of carbonyl (C=O) groups is 3. The average molecular weight is 389 g/mol. The first-order valence-corrected chi connectivity index (χ1v) is 9.95. The third-order valence-corrected chi connectivity index (χ3v) is 5.04. The van der Waals surface area contributed by atoms with Crippen LogP contribution in [0.3, 0.4) is 0 Å². The summed E-state index contributed by atoms with van der Waals surface area (Å²) < 4.78 is 5.16. The molecule has 1 saturated carbocycles. The van der Waals surface area contributed by atoms with E-state index in [1.807, 2.05) is 6.07 Å². The lowest BCUT2D eigenvalue weighted by molar-refractivity contribution is -0.151. The van der Waals surface area contributed by atoms with Crippen molar-refractivity contribution in [3.8, 4) is 0 Å². The zero-order chi connectivity index (χ0) is 20.5. The molecule has 3 N–H and O–H groups in total. The van der Waals surface area contributed by atoms with Gasteiger partial charge in [0.1, 0.15) is 6.04 Å². The predicted molar refractivity (Wildman–Crippen MR) is 108 cm³/mol. The monoisotopic (exact) mass is 389 g/mol. The molecule has 1 aliphatic rings. The van der Waals surface area contributed by atoms with Gasteiger partial charge in [0.05, 0.1) is 0 Å². The minimum atomic E-state index is -0.842. The van der Waals surface area contributed by atoms with Crippen LogP contribution in [0.15, 0.2) is 30.3 Å². The molecule has 1 aliphatic carbocycles. The first-order chi connectivity index (χ1) is 13.4. The summed E-state index contributed by atoms with van der Waals surface area (Å²) in [6.45, 7) is 5.39. The Morgan fingerprint density at radius 1 is 1.11 bits per heavy atom. The van der Waals surface area contributed by atoms with E-state index in [1.54, 1.807) is 38.1 Å². The minimum absolute atomic E-state index is 0.135. The quantitative estimate of drug-likeness (QED) is 0.625. The van der Waals surface area contributed by atoms with Crippen LogP contribution in [0.4, 0.5) is 10.5 Å². The average Bonchev–Trinajstić information content (AvgIpc) is 2.66. The maximum atomic E-state index is 12.4. The molecule has 0 unspecified atom stereocenters. The van der Waals surface area contributed by atoms with Crippen molar-refractivity contribution in [3.05, 3.63) is 30.3 Å². The summed E-state index contributed by atoms with van der Waals surface area (Å²) in [7, 11) is 0. The van der Waals surface area contributed by atoms with Gasteiger partial charge in [-0.1, -0.05) is 51.8 Å². The van der Waals surface area contributed by atoms with E-state index >= 15 is 0 Å². The van der Waals surface area contributed by atoms with Crippen LogP contribution in [0.2, 0.25) is 0 Å². The van der Waals surface area contributed by atoms with Crippen LogP contribution in [-0.2, 0) is 14.3 Å². The molecular weight excluding hydrogens is 358 g/mol. The number of carbonyl (C=O) groups excluding carboxylic acids is 3. The Labute approximate surface area is 166 Å². The fourth-order valence-electron chi connectivity index (χ4n) is 3.33. The highest BCUT2D eigenvalue weighted by molar-refractivity contribution is 5.93. The molecule has 0 heterocycles. The van der Waals surface area contributed by atoms with E-state index in [0.29, 0.717) is 11.6 Å². The Hall–Kier alpha value is -2.57. The van der Waals surface area contributed by atoms with Gasteiger partial charge < -0.3 is 20.7 Å². The molecule has 1 fully saturated rings. The predicted octanol–water partition coefficient (Wildman–Crippen LogP) is 3.07. The molecule has 1 aromatic carbocycles. The van der Waals surface area contributed by atoms with Crippen molar-refractivity contribution in [1.29, 1.82) is 0 Å². The van der Waals surface area contributed by atoms with Crippen molar-refractivity contribution in [2.45, 2.75) is 58.5 Å². The normalized spacial score (nSPS) is 20.1. The molecule has 1 aromatic rings. The second-order valence-corrected chi connectivity index (χ2v) is 7.73. The number of esters is 1. The molecule has 3 atom stereocenters. The van der Waals surface area contributed by atoms with Crippen molar-refractivity contribution in [2.75, 3.05) is 11.9 Å². The number of anilines is 1. The van der Waals surface area contributed by atoms with Crippen LogP contribution >= 0.6 is 0 Å². The number of para-hydroxylation sites is 1. The summed E-state index contributed by atoms with van der Waals surface area (Å²) in [5.41, 5.74) is 0.622. The van der Waals surface area contributed by atoms with Gasteiger partial charge >= 0.3 is 12.0 Å². The maximum absolute atomic E-state index is 12.4. The van der Waals surface area contributed by atoms with Gasteiger partial charge in [-0.3, -0.25) is 4.79 Å². The molecular formula is C21H31N3O4. The van der Waals surface area contributed by atoms with Gasteiger partial charge in [0.2, 0.25) is 0 Å². The molecule has 0 aromatic heterocycles. The summed E-state index contributed by atoms with van der Waals surface area (Å²) in [4.78, 5) is 36.7. The number of hydrogen-bond acceptors (Lipinski definition) is 4. The molecule has 0 saturated heterocycles. The molecule has 3 amide bonds. The van der Waals surface area contributed by atoms with Crippen molar-refractivity contribution >= 4 is 23.6 Å². The largest absolute Gasteiger partial charge is 0.454 e. The van der Waals surface area contributed by atoms with Crippen molar-refractivity contribution in [1.82, 2.24) is 10.6 Å². The first kappa shape index (κ1) is 21.7. The summed E-state index contributed by atoms with van der Waals surface area (Å²) in [6, 6.07) is 7.74. The number of rotatable bonds is 7. The van der Waals surface area contributed by atoms with Crippen LogP contribution < -0.4 is 16.0 Å². The summed E-state index contributed by atoms with van der Waals surface area (Å²) >= 11 is 0. The highest BCUT2D eigenvalue weighted by atomic mass is 16.5. The van der Waals surface area contributed by atoms with Gasteiger partial charge in [-0.25, -0.2) is 9.59 Å². The molecule has 0 spiro atoms. The van der Waals surface area contributed by atoms with Gasteiger partial charge in [0, 0.05) is 11.7 Å². The second-order valence-electron chi connectivity index (χ2n) is 7.73. The van der Waals surface area contributed by atoms with Gasteiger partial charge in [0.25, 0.3) is 5.91 Å². The standard InChI is InChI=1S/C21H31N3O4/c1-14(2)19(24-21(27)22-16-10-5-4-6-11-16)20(26)28-13-18(25)23-17-12-8-7-9-15(17)3/h4-6,10-11,14-15,17,19H,7-9,12-13H2,1-3H3,(H,23,25)(H2,22,24,27)/t15-,17-,19-/m1/s1. The Morgan fingerprint density at radius 3 is 2.43 bits per heavy atom. The Bertz CT molecular complexity index is 663. The third-order valence-electron chi connectivity index (χ3n) is 5.04. The Kier molecular flexibility index (Phi) is 8.29. The van der Waals surface area contributed by atoms with Crippen LogP contribution in [0.25, 0.3) is 0 Å². The molecule has 7 nitrogen and oxygen atoms in total. The van der Waals surface area contributed by atoms with E-state index < -0.39 is 18.0 Å². The molecule has 154 valence electrons. The summed E-state index contributed by atoms with van der Waals surface area (Å²) in [6.07, 6.45) is 4.34. The van der Waals surface area contributed by atoms with Gasteiger partial charge in [0.15, 0.2) is 6.61 Å². The van der Waals surface area contributed by atoms with E-state index in [1.165, 1.54) is 6.42 Å². The van der Waals surface area contributed by atoms with Crippen molar-refractivity contribution in [2.24, 2.45) is 11.8 Å².